The molecule has 1 aliphatic rings. The van der Waals surface area contributed by atoms with Gasteiger partial charge >= 0.3 is 0 Å². The molecule has 0 aromatic rings. The molecule has 0 aromatic heterocycles. The molecular formula is C11H20O2. The van der Waals surface area contributed by atoms with E-state index in [1.807, 2.05) is 20.8 Å². The molecule has 1 saturated carbocycles. The fourth-order valence-corrected chi connectivity index (χ4v) is 1.27. The molecule has 1 fully saturated rings. The highest BCUT2D eigenvalue weighted by molar-refractivity contribution is 5.83. The predicted octanol–water partition coefficient (Wildman–Crippen LogP) is 2.15. The number of rotatable bonds is 5. The van der Waals surface area contributed by atoms with Crippen molar-refractivity contribution in [2.45, 2.75) is 52.1 Å². The zero-order chi connectivity index (χ0) is 10.1. The van der Waals surface area contributed by atoms with Gasteiger partial charge in [-0.05, 0) is 32.1 Å². The Morgan fingerprint density at radius 3 is 2.46 bits per heavy atom. The van der Waals surface area contributed by atoms with Crippen molar-refractivity contribution in [2.24, 2.45) is 11.8 Å². The lowest BCUT2D eigenvalue weighted by Gasteiger charge is -2.27. The highest BCUT2D eigenvalue weighted by Crippen LogP contribution is 2.32. The highest BCUT2D eigenvalue weighted by atomic mass is 16.3. The Kier molecular flexibility index (Phi) is 3.12. The first kappa shape index (κ1) is 10.7. The van der Waals surface area contributed by atoms with Crippen molar-refractivity contribution in [3.8, 4) is 0 Å². The molecule has 1 unspecified atom stereocenters. The second-order valence-corrected chi connectivity index (χ2v) is 4.75. The molecule has 1 aliphatic carbocycles. The standard InChI is InChI=1S/C11H20O2/c1-8(2)11(3,13)7-6-10(12)9-4-5-9/h8-9,13H,4-7H2,1-3H3. The Morgan fingerprint density at radius 2 is 2.08 bits per heavy atom. The van der Waals surface area contributed by atoms with Crippen molar-refractivity contribution < 1.29 is 9.90 Å². The van der Waals surface area contributed by atoms with Crippen molar-refractivity contribution in [1.82, 2.24) is 0 Å². The summed E-state index contributed by atoms with van der Waals surface area (Å²) in [5.41, 5.74) is -0.676. The molecule has 0 spiro atoms. The second kappa shape index (κ2) is 3.79. The van der Waals surface area contributed by atoms with Crippen molar-refractivity contribution in [3.63, 3.8) is 0 Å². The topological polar surface area (TPSA) is 37.3 Å². The fraction of sp³-hybridized carbons (Fsp3) is 0.909. The van der Waals surface area contributed by atoms with E-state index in [-0.39, 0.29) is 5.92 Å². The minimum atomic E-state index is -0.676. The van der Waals surface area contributed by atoms with Crippen LogP contribution in [0.25, 0.3) is 0 Å². The molecule has 13 heavy (non-hydrogen) atoms. The molecule has 0 radical (unpaired) electrons. The molecule has 2 heteroatoms. The number of aliphatic hydroxyl groups is 1. The predicted molar refractivity (Wildman–Crippen MR) is 52.4 cm³/mol. The van der Waals surface area contributed by atoms with Gasteiger partial charge in [0, 0.05) is 12.3 Å². The largest absolute Gasteiger partial charge is 0.390 e. The van der Waals surface area contributed by atoms with Crippen LogP contribution < -0.4 is 0 Å². The third-order valence-corrected chi connectivity index (χ3v) is 3.15. The van der Waals surface area contributed by atoms with Crippen LogP contribution in [0.1, 0.15) is 46.5 Å². The zero-order valence-electron chi connectivity index (χ0n) is 8.84. The van der Waals surface area contributed by atoms with Gasteiger partial charge < -0.3 is 5.11 Å². The summed E-state index contributed by atoms with van der Waals surface area (Å²) in [5.74, 6) is 0.906. The Hall–Kier alpha value is -0.370. The Balaban J connectivity index is 2.27. The van der Waals surface area contributed by atoms with Crippen molar-refractivity contribution >= 4 is 5.78 Å². The van der Waals surface area contributed by atoms with E-state index >= 15 is 0 Å². The van der Waals surface area contributed by atoms with Crippen LogP contribution in [0, 0.1) is 11.8 Å². The third kappa shape index (κ3) is 3.11. The van der Waals surface area contributed by atoms with Crippen LogP contribution in [0.3, 0.4) is 0 Å². The minimum absolute atomic E-state index is 0.222. The molecule has 1 N–H and O–H groups in total. The van der Waals surface area contributed by atoms with E-state index in [4.69, 9.17) is 0 Å². The zero-order valence-corrected chi connectivity index (χ0v) is 8.84. The Morgan fingerprint density at radius 1 is 1.54 bits per heavy atom. The maximum Gasteiger partial charge on any atom is 0.136 e. The smallest absolute Gasteiger partial charge is 0.136 e. The molecule has 0 bridgehead atoms. The SMILES string of the molecule is CC(C)C(C)(O)CCC(=O)C1CC1. The average molecular weight is 184 g/mol. The van der Waals surface area contributed by atoms with Crippen LogP contribution in [0.5, 0.6) is 0 Å². The first-order valence-electron chi connectivity index (χ1n) is 5.18. The maximum atomic E-state index is 11.4. The lowest BCUT2D eigenvalue weighted by molar-refractivity contribution is -0.121. The molecule has 0 aliphatic heterocycles. The third-order valence-electron chi connectivity index (χ3n) is 3.15. The summed E-state index contributed by atoms with van der Waals surface area (Å²) in [4.78, 5) is 11.4. The number of Topliss-reactive ketones (excluding diaryl/α,β-unsaturated/α-hetero) is 1. The molecule has 76 valence electrons. The van der Waals surface area contributed by atoms with Gasteiger partial charge in [-0.15, -0.1) is 0 Å². The molecule has 0 amide bonds. The summed E-state index contributed by atoms with van der Waals surface area (Å²) in [7, 11) is 0. The van der Waals surface area contributed by atoms with Gasteiger partial charge in [-0.3, -0.25) is 4.79 Å². The quantitative estimate of drug-likeness (QED) is 0.711. The van der Waals surface area contributed by atoms with Gasteiger partial charge in [0.15, 0.2) is 0 Å². The highest BCUT2D eigenvalue weighted by Gasteiger charge is 2.32. The van der Waals surface area contributed by atoms with E-state index in [9.17, 15) is 9.90 Å². The van der Waals surface area contributed by atoms with Gasteiger partial charge in [0.1, 0.15) is 5.78 Å². The number of ketones is 1. The van der Waals surface area contributed by atoms with E-state index < -0.39 is 5.60 Å². The molecule has 0 saturated heterocycles. The van der Waals surface area contributed by atoms with Crippen molar-refractivity contribution in [1.29, 1.82) is 0 Å². The summed E-state index contributed by atoms with van der Waals surface area (Å²) in [6, 6.07) is 0. The van der Waals surface area contributed by atoms with E-state index in [0.29, 0.717) is 24.5 Å². The normalized spacial score (nSPS) is 21.6. The second-order valence-electron chi connectivity index (χ2n) is 4.75. The van der Waals surface area contributed by atoms with Crippen molar-refractivity contribution in [2.75, 3.05) is 0 Å². The van der Waals surface area contributed by atoms with Gasteiger partial charge in [-0.25, -0.2) is 0 Å². The van der Waals surface area contributed by atoms with E-state index in [1.165, 1.54) is 0 Å². The lowest BCUT2D eigenvalue weighted by Crippen LogP contribution is -2.31. The van der Waals surface area contributed by atoms with Gasteiger partial charge in [0.2, 0.25) is 0 Å². The average Bonchev–Trinajstić information content (AvgIpc) is 2.82. The molecular weight excluding hydrogens is 164 g/mol. The molecule has 2 nitrogen and oxygen atoms in total. The summed E-state index contributed by atoms with van der Waals surface area (Å²) in [6.07, 6.45) is 3.31. The minimum Gasteiger partial charge on any atom is -0.390 e. The Labute approximate surface area is 80.3 Å². The van der Waals surface area contributed by atoms with Crippen LogP contribution in [-0.4, -0.2) is 16.5 Å². The first-order valence-corrected chi connectivity index (χ1v) is 5.18. The summed E-state index contributed by atoms with van der Waals surface area (Å²) >= 11 is 0. The van der Waals surface area contributed by atoms with Gasteiger partial charge in [0.05, 0.1) is 5.60 Å². The number of hydrogen-bond donors (Lipinski definition) is 1. The molecule has 0 aromatic carbocycles. The van der Waals surface area contributed by atoms with Crippen LogP contribution in [0.4, 0.5) is 0 Å². The summed E-state index contributed by atoms with van der Waals surface area (Å²) < 4.78 is 0. The molecule has 1 rings (SSSR count). The fourth-order valence-electron chi connectivity index (χ4n) is 1.27. The monoisotopic (exact) mass is 184 g/mol. The van der Waals surface area contributed by atoms with E-state index in [2.05, 4.69) is 0 Å². The van der Waals surface area contributed by atoms with Crippen molar-refractivity contribution in [3.05, 3.63) is 0 Å². The van der Waals surface area contributed by atoms with Gasteiger partial charge in [-0.2, -0.15) is 0 Å². The van der Waals surface area contributed by atoms with Crippen LogP contribution in [0.2, 0.25) is 0 Å². The van der Waals surface area contributed by atoms with Gasteiger partial charge in [-0.1, -0.05) is 13.8 Å². The molecule has 0 heterocycles. The van der Waals surface area contributed by atoms with Gasteiger partial charge in [0.25, 0.3) is 0 Å². The van der Waals surface area contributed by atoms with Crippen LogP contribution in [0.15, 0.2) is 0 Å². The number of carbonyl (C=O) groups excluding carboxylic acids is 1. The van der Waals surface area contributed by atoms with E-state index in [1.54, 1.807) is 0 Å². The summed E-state index contributed by atoms with van der Waals surface area (Å²) in [5, 5.41) is 9.89. The Bertz CT molecular complexity index is 190. The maximum absolute atomic E-state index is 11.4. The molecule has 1 atom stereocenters. The van der Waals surface area contributed by atoms with Crippen LogP contribution >= 0.6 is 0 Å². The summed E-state index contributed by atoms with van der Waals surface area (Å²) in [6.45, 7) is 5.79. The lowest BCUT2D eigenvalue weighted by atomic mass is 9.87. The van der Waals surface area contributed by atoms with Crippen LogP contribution in [-0.2, 0) is 4.79 Å². The first-order chi connectivity index (χ1) is 5.93. The number of carbonyl (C=O) groups is 1. The number of hydrogen-bond acceptors (Lipinski definition) is 2. The van der Waals surface area contributed by atoms with E-state index in [0.717, 1.165) is 12.8 Å².